The molecule has 102 valence electrons. The maximum Gasteiger partial charge on any atom is 0.258 e. The number of hydrogen-bond acceptors (Lipinski definition) is 4. The summed E-state index contributed by atoms with van der Waals surface area (Å²) < 4.78 is 10.9. The number of halogens is 1. The summed E-state index contributed by atoms with van der Waals surface area (Å²) in [5.41, 5.74) is 7.33. The molecule has 0 saturated heterocycles. The number of benzene rings is 1. The Morgan fingerprint density at radius 1 is 1.32 bits per heavy atom. The van der Waals surface area contributed by atoms with Crippen molar-refractivity contribution in [2.75, 3.05) is 13.2 Å². The summed E-state index contributed by atoms with van der Waals surface area (Å²) in [5.74, 6) is 1.48. The van der Waals surface area contributed by atoms with Gasteiger partial charge < -0.3 is 15.0 Å². The monoisotopic (exact) mass is 280 g/mol. The van der Waals surface area contributed by atoms with Crippen LogP contribution in [0.2, 0.25) is 5.02 Å². The number of rotatable bonds is 5. The Morgan fingerprint density at radius 3 is 2.58 bits per heavy atom. The van der Waals surface area contributed by atoms with Crippen molar-refractivity contribution in [2.24, 2.45) is 5.73 Å². The average Bonchev–Trinajstić information content (AvgIpc) is 2.81. The molecule has 1 aromatic heterocycles. The Kier molecular flexibility index (Phi) is 4.45. The van der Waals surface area contributed by atoms with Crippen LogP contribution in [0.3, 0.4) is 0 Å². The molecule has 0 amide bonds. The van der Waals surface area contributed by atoms with Gasteiger partial charge in [-0.2, -0.15) is 0 Å². The van der Waals surface area contributed by atoms with Gasteiger partial charge in [-0.25, -0.2) is 0 Å². The van der Waals surface area contributed by atoms with E-state index in [1.165, 1.54) is 0 Å². The van der Waals surface area contributed by atoms with Gasteiger partial charge in [-0.05, 0) is 35.3 Å². The normalized spacial score (nSPS) is 11.0. The highest BCUT2D eigenvalue weighted by atomic mass is 35.5. The lowest BCUT2D eigenvalue weighted by Crippen LogP contribution is -2.11. The van der Waals surface area contributed by atoms with Gasteiger partial charge in [0.25, 0.3) is 5.88 Å². The molecule has 0 bridgehead atoms. The van der Waals surface area contributed by atoms with Crippen molar-refractivity contribution >= 4 is 11.6 Å². The molecule has 0 saturated carbocycles. The van der Waals surface area contributed by atoms with Gasteiger partial charge in [0.15, 0.2) is 5.76 Å². The first-order chi connectivity index (χ1) is 9.13. The van der Waals surface area contributed by atoms with Crippen LogP contribution in [0.1, 0.15) is 25.3 Å². The number of hydrogen-bond donors (Lipinski definition) is 1. The zero-order valence-electron chi connectivity index (χ0n) is 11.0. The second-order valence-electron chi connectivity index (χ2n) is 4.53. The first-order valence-corrected chi connectivity index (χ1v) is 6.59. The molecular weight excluding hydrogens is 264 g/mol. The maximum atomic E-state index is 5.89. The van der Waals surface area contributed by atoms with Crippen molar-refractivity contribution in [3.05, 3.63) is 34.9 Å². The van der Waals surface area contributed by atoms with Gasteiger partial charge in [-0.1, -0.05) is 25.4 Å². The highest BCUT2D eigenvalue weighted by Crippen LogP contribution is 2.36. The molecule has 0 fully saturated rings. The van der Waals surface area contributed by atoms with Crippen LogP contribution in [0.5, 0.6) is 5.88 Å². The summed E-state index contributed by atoms with van der Waals surface area (Å²) in [7, 11) is 0. The molecule has 0 unspecified atom stereocenters. The molecule has 1 aromatic carbocycles. The molecule has 5 heteroatoms. The van der Waals surface area contributed by atoms with E-state index in [4.69, 9.17) is 26.6 Å². The van der Waals surface area contributed by atoms with E-state index in [-0.39, 0.29) is 5.92 Å². The number of ether oxygens (including phenoxy) is 1. The van der Waals surface area contributed by atoms with Crippen LogP contribution in [-0.4, -0.2) is 18.3 Å². The Morgan fingerprint density at radius 2 is 2.00 bits per heavy atom. The number of nitrogens with two attached hydrogens (primary N) is 1. The third-order valence-electron chi connectivity index (χ3n) is 2.74. The van der Waals surface area contributed by atoms with E-state index in [9.17, 15) is 0 Å². The first-order valence-electron chi connectivity index (χ1n) is 6.22. The minimum Gasteiger partial charge on any atom is -0.474 e. The summed E-state index contributed by atoms with van der Waals surface area (Å²) in [6, 6.07) is 7.46. The van der Waals surface area contributed by atoms with Crippen LogP contribution in [0.25, 0.3) is 11.3 Å². The van der Waals surface area contributed by atoms with E-state index in [2.05, 4.69) is 19.0 Å². The van der Waals surface area contributed by atoms with E-state index < -0.39 is 0 Å². The van der Waals surface area contributed by atoms with Gasteiger partial charge in [0.1, 0.15) is 6.61 Å². The topological polar surface area (TPSA) is 61.3 Å². The van der Waals surface area contributed by atoms with Gasteiger partial charge in [-0.15, -0.1) is 0 Å². The smallest absolute Gasteiger partial charge is 0.258 e. The zero-order valence-corrected chi connectivity index (χ0v) is 11.8. The second-order valence-corrected chi connectivity index (χ2v) is 4.97. The third-order valence-corrected chi connectivity index (χ3v) is 2.99. The maximum absolute atomic E-state index is 5.89. The molecule has 0 aliphatic rings. The van der Waals surface area contributed by atoms with Crippen molar-refractivity contribution in [1.29, 1.82) is 0 Å². The summed E-state index contributed by atoms with van der Waals surface area (Å²) in [6.45, 7) is 5.01. The lowest BCUT2D eigenvalue weighted by molar-refractivity contribution is 0.286. The molecule has 2 aromatic rings. The van der Waals surface area contributed by atoms with Crippen molar-refractivity contribution in [3.8, 4) is 17.2 Å². The largest absolute Gasteiger partial charge is 0.474 e. The van der Waals surface area contributed by atoms with Crippen molar-refractivity contribution in [3.63, 3.8) is 0 Å². The Labute approximate surface area is 117 Å². The average molecular weight is 281 g/mol. The zero-order chi connectivity index (χ0) is 13.8. The van der Waals surface area contributed by atoms with Gasteiger partial charge in [-0.3, -0.25) is 0 Å². The minimum absolute atomic E-state index is 0.240. The molecule has 19 heavy (non-hydrogen) atoms. The lowest BCUT2D eigenvalue weighted by Gasteiger charge is -2.08. The SMILES string of the molecule is CC(C)c1c(OCCN)noc1-c1ccc(Cl)cc1. The molecule has 1 heterocycles. The van der Waals surface area contributed by atoms with Crippen molar-refractivity contribution in [1.82, 2.24) is 5.16 Å². The van der Waals surface area contributed by atoms with Crippen LogP contribution in [0.15, 0.2) is 28.8 Å². The quantitative estimate of drug-likeness (QED) is 0.911. The molecule has 0 spiro atoms. The fourth-order valence-corrected chi connectivity index (χ4v) is 1.99. The fourth-order valence-electron chi connectivity index (χ4n) is 1.86. The van der Waals surface area contributed by atoms with Crippen molar-refractivity contribution < 1.29 is 9.26 Å². The van der Waals surface area contributed by atoms with Gasteiger partial charge in [0.05, 0.1) is 5.56 Å². The van der Waals surface area contributed by atoms with Gasteiger partial charge in [0, 0.05) is 17.1 Å². The Balaban J connectivity index is 2.39. The predicted octanol–water partition coefficient (Wildman–Crippen LogP) is 3.46. The van der Waals surface area contributed by atoms with Crippen LogP contribution < -0.4 is 10.5 Å². The molecule has 0 aliphatic heterocycles. The number of nitrogens with zero attached hydrogens (tertiary/aromatic N) is 1. The van der Waals surface area contributed by atoms with E-state index in [1.807, 2.05) is 24.3 Å². The second kappa shape index (κ2) is 6.08. The highest BCUT2D eigenvalue weighted by molar-refractivity contribution is 6.30. The van der Waals surface area contributed by atoms with Crippen molar-refractivity contribution in [2.45, 2.75) is 19.8 Å². The minimum atomic E-state index is 0.240. The number of aromatic nitrogens is 1. The van der Waals surface area contributed by atoms with E-state index in [0.29, 0.717) is 24.1 Å². The van der Waals surface area contributed by atoms with Gasteiger partial charge in [0.2, 0.25) is 0 Å². The van der Waals surface area contributed by atoms with Crippen LogP contribution >= 0.6 is 11.6 Å². The standard InChI is InChI=1S/C14H17ClN2O2/c1-9(2)12-13(10-3-5-11(15)6-4-10)19-17-14(12)18-8-7-16/h3-6,9H,7-8,16H2,1-2H3. The molecule has 0 aliphatic carbocycles. The molecule has 2 rings (SSSR count). The molecule has 4 nitrogen and oxygen atoms in total. The van der Waals surface area contributed by atoms with Crippen LogP contribution in [0, 0.1) is 0 Å². The van der Waals surface area contributed by atoms with Crippen LogP contribution in [0.4, 0.5) is 0 Å². The Bertz CT molecular complexity index is 535. The summed E-state index contributed by atoms with van der Waals surface area (Å²) >= 11 is 5.89. The van der Waals surface area contributed by atoms with Gasteiger partial charge >= 0.3 is 0 Å². The lowest BCUT2D eigenvalue weighted by atomic mass is 10.00. The summed E-state index contributed by atoms with van der Waals surface area (Å²) in [5, 5.41) is 4.68. The predicted molar refractivity (Wildman–Crippen MR) is 75.6 cm³/mol. The van der Waals surface area contributed by atoms with E-state index >= 15 is 0 Å². The summed E-state index contributed by atoms with van der Waals surface area (Å²) in [4.78, 5) is 0. The third kappa shape index (κ3) is 3.08. The summed E-state index contributed by atoms with van der Waals surface area (Å²) in [6.07, 6.45) is 0. The molecule has 0 atom stereocenters. The van der Waals surface area contributed by atoms with E-state index in [0.717, 1.165) is 16.9 Å². The highest BCUT2D eigenvalue weighted by Gasteiger charge is 2.21. The first kappa shape index (κ1) is 13.9. The fraction of sp³-hybridized carbons (Fsp3) is 0.357. The molecular formula is C14H17ClN2O2. The van der Waals surface area contributed by atoms with E-state index in [1.54, 1.807) is 0 Å². The Hall–Kier alpha value is -1.52. The molecule has 0 radical (unpaired) electrons. The molecule has 2 N–H and O–H groups in total. The van der Waals surface area contributed by atoms with Crippen LogP contribution in [-0.2, 0) is 0 Å².